The van der Waals surface area contributed by atoms with Gasteiger partial charge in [-0.2, -0.15) is 0 Å². The van der Waals surface area contributed by atoms with Gasteiger partial charge in [0.25, 0.3) is 11.1 Å². The third-order valence-corrected chi connectivity index (χ3v) is 6.86. The number of imide groups is 1. The van der Waals surface area contributed by atoms with Crippen molar-refractivity contribution in [2.75, 3.05) is 31.2 Å². The van der Waals surface area contributed by atoms with E-state index >= 15 is 0 Å². The minimum absolute atomic E-state index is 0.226. The molecule has 2 aliphatic heterocycles. The molecule has 0 unspecified atom stereocenters. The van der Waals surface area contributed by atoms with Crippen LogP contribution in [0.15, 0.2) is 65.6 Å². The molecule has 32 heavy (non-hydrogen) atoms. The summed E-state index contributed by atoms with van der Waals surface area (Å²) in [5.74, 6) is -0.233. The number of carbonyl (C=O) groups is 2. The Morgan fingerprint density at radius 3 is 2.59 bits per heavy atom. The van der Waals surface area contributed by atoms with Gasteiger partial charge in [0.05, 0.1) is 24.7 Å². The summed E-state index contributed by atoms with van der Waals surface area (Å²) in [6.45, 7) is 5.60. The summed E-state index contributed by atoms with van der Waals surface area (Å²) in [6, 6.07) is 20.2. The van der Waals surface area contributed by atoms with Crippen LogP contribution in [0.3, 0.4) is 0 Å². The number of amides is 2. The Morgan fingerprint density at radius 2 is 1.78 bits per heavy atom. The van der Waals surface area contributed by atoms with E-state index in [9.17, 15) is 9.59 Å². The summed E-state index contributed by atoms with van der Waals surface area (Å²) in [4.78, 5) is 29.8. The zero-order valence-corrected chi connectivity index (χ0v) is 18.7. The van der Waals surface area contributed by atoms with Crippen LogP contribution in [0.2, 0.25) is 0 Å². The van der Waals surface area contributed by atoms with Gasteiger partial charge in [0.2, 0.25) is 0 Å². The molecule has 2 heterocycles. The van der Waals surface area contributed by atoms with Crippen LogP contribution >= 0.6 is 11.8 Å². The molecule has 0 aromatic heterocycles. The van der Waals surface area contributed by atoms with Crippen LogP contribution < -0.4 is 4.90 Å². The summed E-state index contributed by atoms with van der Waals surface area (Å²) in [5.41, 5.74) is 4.23. The summed E-state index contributed by atoms with van der Waals surface area (Å²) in [6.07, 6.45) is 1.82. The van der Waals surface area contributed by atoms with Crippen molar-refractivity contribution in [2.24, 2.45) is 0 Å². The number of nitrogens with zero attached hydrogens (tertiary/aromatic N) is 2. The van der Waals surface area contributed by atoms with Crippen LogP contribution in [0.1, 0.15) is 16.7 Å². The lowest BCUT2D eigenvalue weighted by atomic mass is 10.0. The fourth-order valence-corrected chi connectivity index (χ4v) is 5.15. The largest absolute Gasteiger partial charge is 0.378 e. The number of hydrogen-bond acceptors (Lipinski definition) is 5. The molecule has 0 bridgehead atoms. The van der Waals surface area contributed by atoms with Crippen molar-refractivity contribution in [3.05, 3.63) is 82.3 Å². The zero-order valence-electron chi connectivity index (χ0n) is 17.9. The number of rotatable bonds is 4. The second kappa shape index (κ2) is 8.81. The molecule has 5 nitrogen and oxygen atoms in total. The minimum atomic E-state index is -0.233. The molecule has 2 saturated heterocycles. The molecule has 0 spiro atoms. The first kappa shape index (κ1) is 20.8. The molecule has 6 heteroatoms. The SMILES string of the molecule is Cc1cc(/C=C2/SC(=O)N(Cc3cccc4ccccc34)C2=O)ccc1N1CCOCC1. The molecular formula is C26H24N2O3S. The average Bonchev–Trinajstić information content (AvgIpc) is 3.07. The molecule has 3 aromatic carbocycles. The number of ether oxygens (including phenoxy) is 1. The number of thioether (sulfide) groups is 1. The lowest BCUT2D eigenvalue weighted by molar-refractivity contribution is -0.123. The predicted molar refractivity (Wildman–Crippen MR) is 130 cm³/mol. The van der Waals surface area contributed by atoms with Gasteiger partial charge >= 0.3 is 0 Å². The van der Waals surface area contributed by atoms with Crippen LogP contribution in [-0.2, 0) is 16.1 Å². The molecule has 2 amide bonds. The number of carbonyl (C=O) groups excluding carboxylic acids is 2. The fraction of sp³-hybridized carbons (Fsp3) is 0.231. The number of aryl methyl sites for hydroxylation is 1. The smallest absolute Gasteiger partial charge is 0.293 e. The number of morpholine rings is 1. The number of fused-ring (bicyclic) bond motifs is 1. The van der Waals surface area contributed by atoms with Crippen LogP contribution in [0, 0.1) is 6.92 Å². The van der Waals surface area contributed by atoms with E-state index in [1.807, 2.05) is 54.6 Å². The van der Waals surface area contributed by atoms with Gasteiger partial charge in [-0.05, 0) is 64.4 Å². The van der Waals surface area contributed by atoms with Crippen LogP contribution in [0.5, 0.6) is 0 Å². The minimum Gasteiger partial charge on any atom is -0.378 e. The van der Waals surface area contributed by atoms with Crippen molar-refractivity contribution in [3.8, 4) is 0 Å². The standard InChI is InChI=1S/C26H24N2O3S/c1-18-15-19(9-10-23(18)27-11-13-31-14-12-27)16-24-25(29)28(26(30)32-24)17-21-7-4-6-20-5-2-3-8-22(20)21/h2-10,15-16H,11-14,17H2,1H3/b24-16+. The van der Waals surface area contributed by atoms with Crippen molar-refractivity contribution in [1.82, 2.24) is 4.90 Å². The fourth-order valence-electron chi connectivity index (χ4n) is 4.32. The highest BCUT2D eigenvalue weighted by atomic mass is 32.2. The highest BCUT2D eigenvalue weighted by Gasteiger charge is 2.35. The summed E-state index contributed by atoms with van der Waals surface area (Å²) >= 11 is 1.01. The van der Waals surface area contributed by atoms with Crippen molar-refractivity contribution < 1.29 is 14.3 Å². The van der Waals surface area contributed by atoms with E-state index in [0.29, 0.717) is 4.91 Å². The molecule has 0 radical (unpaired) electrons. The lowest BCUT2D eigenvalue weighted by Crippen LogP contribution is -2.36. The second-order valence-corrected chi connectivity index (χ2v) is 9.04. The van der Waals surface area contributed by atoms with Crippen molar-refractivity contribution in [1.29, 1.82) is 0 Å². The van der Waals surface area contributed by atoms with Crippen molar-refractivity contribution >= 4 is 45.4 Å². The topological polar surface area (TPSA) is 49.9 Å². The lowest BCUT2D eigenvalue weighted by Gasteiger charge is -2.30. The highest BCUT2D eigenvalue weighted by Crippen LogP contribution is 2.35. The molecular weight excluding hydrogens is 420 g/mol. The Bertz CT molecular complexity index is 1230. The van der Waals surface area contributed by atoms with Gasteiger partial charge in [-0.3, -0.25) is 14.5 Å². The van der Waals surface area contributed by atoms with E-state index < -0.39 is 0 Å². The van der Waals surface area contributed by atoms with E-state index in [4.69, 9.17) is 4.74 Å². The Balaban J connectivity index is 1.37. The maximum absolute atomic E-state index is 13.1. The molecule has 2 fully saturated rings. The molecule has 0 N–H and O–H groups in total. The third kappa shape index (κ3) is 4.04. The molecule has 0 saturated carbocycles. The zero-order chi connectivity index (χ0) is 22.1. The quantitative estimate of drug-likeness (QED) is 0.517. The first-order chi connectivity index (χ1) is 15.6. The first-order valence-electron chi connectivity index (χ1n) is 10.8. The average molecular weight is 445 g/mol. The third-order valence-electron chi connectivity index (χ3n) is 5.95. The van der Waals surface area contributed by atoms with Gasteiger partial charge in [-0.25, -0.2) is 0 Å². The van der Waals surface area contributed by atoms with Gasteiger partial charge in [-0.15, -0.1) is 0 Å². The number of hydrogen-bond donors (Lipinski definition) is 0. The summed E-state index contributed by atoms with van der Waals surface area (Å²) < 4.78 is 5.44. The van der Waals surface area contributed by atoms with Gasteiger partial charge in [0, 0.05) is 18.8 Å². The molecule has 3 aromatic rings. The maximum atomic E-state index is 13.1. The van der Waals surface area contributed by atoms with Gasteiger partial charge in [0.1, 0.15) is 0 Å². The molecule has 162 valence electrons. The summed E-state index contributed by atoms with van der Waals surface area (Å²) in [7, 11) is 0. The molecule has 5 rings (SSSR count). The van der Waals surface area contributed by atoms with Gasteiger partial charge in [-0.1, -0.05) is 48.5 Å². The number of anilines is 1. The van der Waals surface area contributed by atoms with E-state index in [-0.39, 0.29) is 17.7 Å². The Kier molecular flexibility index (Phi) is 5.72. The van der Waals surface area contributed by atoms with E-state index in [1.165, 1.54) is 10.6 Å². The Morgan fingerprint density at radius 1 is 1.00 bits per heavy atom. The van der Waals surface area contributed by atoms with Crippen molar-refractivity contribution in [2.45, 2.75) is 13.5 Å². The second-order valence-electron chi connectivity index (χ2n) is 8.05. The van der Waals surface area contributed by atoms with Crippen LogP contribution in [-0.4, -0.2) is 42.3 Å². The normalized spacial score (nSPS) is 18.2. The first-order valence-corrected chi connectivity index (χ1v) is 11.6. The van der Waals surface area contributed by atoms with E-state index in [0.717, 1.165) is 65.5 Å². The number of benzene rings is 3. The molecule has 0 aliphatic carbocycles. The molecule has 0 atom stereocenters. The maximum Gasteiger partial charge on any atom is 0.293 e. The Labute approximate surface area is 191 Å². The van der Waals surface area contributed by atoms with Crippen LogP contribution in [0.4, 0.5) is 10.5 Å². The van der Waals surface area contributed by atoms with Crippen molar-refractivity contribution in [3.63, 3.8) is 0 Å². The monoisotopic (exact) mass is 444 g/mol. The van der Waals surface area contributed by atoms with Gasteiger partial charge in [0.15, 0.2) is 0 Å². The molecule has 2 aliphatic rings. The van der Waals surface area contributed by atoms with E-state index in [1.54, 1.807) is 0 Å². The summed E-state index contributed by atoms with van der Waals surface area (Å²) in [5, 5.41) is 1.94. The van der Waals surface area contributed by atoms with E-state index in [2.05, 4.69) is 24.0 Å². The van der Waals surface area contributed by atoms with Gasteiger partial charge < -0.3 is 9.64 Å². The highest BCUT2D eigenvalue weighted by molar-refractivity contribution is 8.18. The van der Waals surface area contributed by atoms with Crippen LogP contribution in [0.25, 0.3) is 16.8 Å². The predicted octanol–water partition coefficient (Wildman–Crippen LogP) is 5.22. The Hall–Kier alpha value is -3.09.